The topological polar surface area (TPSA) is 80.3 Å². The average molecular weight is 274 g/mol. The molecule has 1 aromatic carbocycles. The first-order valence-electron chi connectivity index (χ1n) is 6.24. The number of hydrogen-bond acceptors (Lipinski definition) is 5. The van der Waals surface area contributed by atoms with Crippen LogP contribution in [0.2, 0.25) is 0 Å². The van der Waals surface area contributed by atoms with E-state index in [-0.39, 0.29) is 17.7 Å². The third-order valence-electron chi connectivity index (χ3n) is 3.03. The first-order valence-corrected chi connectivity index (χ1v) is 6.24. The Balaban J connectivity index is 1.63. The summed E-state index contributed by atoms with van der Waals surface area (Å²) in [6, 6.07) is 7.48. The molecule has 1 aliphatic rings. The Labute approximate surface area is 115 Å². The molecule has 7 heteroatoms. The van der Waals surface area contributed by atoms with Gasteiger partial charge in [-0.25, -0.2) is 0 Å². The van der Waals surface area contributed by atoms with Gasteiger partial charge in [0, 0.05) is 7.05 Å². The van der Waals surface area contributed by atoms with Crippen LogP contribution in [0.3, 0.4) is 0 Å². The normalized spacial score (nSPS) is 16.8. The molecule has 0 bridgehead atoms. The summed E-state index contributed by atoms with van der Waals surface area (Å²) < 4.78 is 11.4. The fourth-order valence-electron chi connectivity index (χ4n) is 2.04. The number of H-pyrrole nitrogens is 1. The number of rotatable bonds is 3. The van der Waals surface area contributed by atoms with Crippen LogP contribution in [0, 0.1) is 0 Å². The van der Waals surface area contributed by atoms with Gasteiger partial charge >= 0.3 is 0 Å². The van der Waals surface area contributed by atoms with Gasteiger partial charge in [-0.2, -0.15) is 15.4 Å². The highest BCUT2D eigenvalue weighted by Crippen LogP contribution is 2.30. The molecule has 1 atom stereocenters. The maximum Gasteiger partial charge on any atom is 0.275 e. The third-order valence-corrected chi connectivity index (χ3v) is 3.03. The lowest BCUT2D eigenvalue weighted by atomic mass is 10.2. The molecule has 0 spiro atoms. The van der Waals surface area contributed by atoms with E-state index in [0.29, 0.717) is 18.9 Å². The molecule has 20 heavy (non-hydrogen) atoms. The smallest absolute Gasteiger partial charge is 0.275 e. The highest BCUT2D eigenvalue weighted by Gasteiger charge is 2.24. The van der Waals surface area contributed by atoms with Gasteiger partial charge in [0.1, 0.15) is 6.61 Å². The van der Waals surface area contributed by atoms with Gasteiger partial charge in [0.2, 0.25) is 0 Å². The molecule has 2 heterocycles. The molecule has 3 rings (SSSR count). The van der Waals surface area contributed by atoms with E-state index in [9.17, 15) is 4.79 Å². The zero-order valence-corrected chi connectivity index (χ0v) is 10.9. The van der Waals surface area contributed by atoms with E-state index < -0.39 is 0 Å². The van der Waals surface area contributed by atoms with Crippen molar-refractivity contribution in [2.24, 2.45) is 0 Å². The van der Waals surface area contributed by atoms with Gasteiger partial charge in [-0.15, -0.1) is 0 Å². The van der Waals surface area contributed by atoms with E-state index in [1.165, 1.54) is 6.20 Å². The van der Waals surface area contributed by atoms with Crippen LogP contribution in [0.5, 0.6) is 11.5 Å². The number of aromatic amines is 1. The van der Waals surface area contributed by atoms with Crippen molar-refractivity contribution in [2.75, 3.05) is 20.2 Å². The van der Waals surface area contributed by atoms with Gasteiger partial charge in [-0.05, 0) is 12.1 Å². The van der Waals surface area contributed by atoms with Crippen molar-refractivity contribution in [3.05, 3.63) is 36.2 Å². The van der Waals surface area contributed by atoms with Crippen molar-refractivity contribution in [1.82, 2.24) is 20.3 Å². The number of likely N-dealkylation sites (N-methyl/N-ethyl adjacent to an activating group) is 1. The van der Waals surface area contributed by atoms with E-state index in [1.54, 1.807) is 11.9 Å². The molecule has 1 amide bonds. The van der Waals surface area contributed by atoms with Crippen LogP contribution in [0.1, 0.15) is 10.5 Å². The largest absolute Gasteiger partial charge is 0.486 e. The van der Waals surface area contributed by atoms with Gasteiger partial charge in [-0.1, -0.05) is 12.1 Å². The zero-order valence-electron chi connectivity index (χ0n) is 10.9. The van der Waals surface area contributed by atoms with Crippen molar-refractivity contribution in [2.45, 2.75) is 6.10 Å². The first kappa shape index (κ1) is 12.5. The monoisotopic (exact) mass is 274 g/mol. The Hall–Kier alpha value is -2.57. The van der Waals surface area contributed by atoms with E-state index in [1.807, 2.05) is 24.3 Å². The number of nitrogens with one attached hydrogen (secondary N) is 1. The number of aromatic nitrogens is 3. The van der Waals surface area contributed by atoms with Gasteiger partial charge in [-0.3, -0.25) is 4.79 Å². The standard InChI is InChI=1S/C13H14N4O3/c1-17(13(18)10-6-14-16-15-10)7-9-8-19-11-4-2-3-5-12(11)20-9/h2-6,9H,7-8H2,1H3,(H,14,15,16)/t9-/m1/s1. The Morgan fingerprint density at radius 1 is 1.45 bits per heavy atom. The zero-order chi connectivity index (χ0) is 13.9. The number of hydrogen-bond donors (Lipinski definition) is 1. The van der Waals surface area contributed by atoms with Crippen LogP contribution in [0.4, 0.5) is 0 Å². The lowest BCUT2D eigenvalue weighted by Gasteiger charge is -2.29. The van der Waals surface area contributed by atoms with E-state index >= 15 is 0 Å². The van der Waals surface area contributed by atoms with Crippen molar-refractivity contribution in [1.29, 1.82) is 0 Å². The third kappa shape index (κ3) is 2.42. The van der Waals surface area contributed by atoms with Crippen LogP contribution in [-0.2, 0) is 0 Å². The van der Waals surface area contributed by atoms with Gasteiger partial charge < -0.3 is 14.4 Å². The Morgan fingerprint density at radius 3 is 3.00 bits per heavy atom. The SMILES string of the molecule is CN(C[C@@H]1COc2ccccc2O1)C(=O)c1cn[nH]n1. The second-order valence-corrected chi connectivity index (χ2v) is 4.54. The van der Waals surface area contributed by atoms with E-state index in [4.69, 9.17) is 9.47 Å². The molecule has 0 fully saturated rings. The minimum atomic E-state index is -0.207. The lowest BCUT2D eigenvalue weighted by Crippen LogP contribution is -2.41. The number of carbonyl (C=O) groups is 1. The molecule has 0 aliphatic carbocycles. The highest BCUT2D eigenvalue weighted by atomic mass is 16.6. The Bertz CT molecular complexity index is 599. The second-order valence-electron chi connectivity index (χ2n) is 4.54. The maximum absolute atomic E-state index is 12.0. The fourth-order valence-corrected chi connectivity index (χ4v) is 2.04. The molecule has 0 unspecified atom stereocenters. The fraction of sp³-hybridized carbons (Fsp3) is 0.308. The van der Waals surface area contributed by atoms with Crippen molar-refractivity contribution >= 4 is 5.91 Å². The average Bonchev–Trinajstić information content (AvgIpc) is 3.00. The molecule has 0 saturated heterocycles. The quantitative estimate of drug-likeness (QED) is 0.892. The molecule has 1 aliphatic heterocycles. The number of fused-ring (bicyclic) bond motifs is 1. The second kappa shape index (κ2) is 5.20. The molecule has 0 radical (unpaired) electrons. The summed E-state index contributed by atoms with van der Waals surface area (Å²) >= 11 is 0. The van der Waals surface area contributed by atoms with Crippen LogP contribution in [0.25, 0.3) is 0 Å². The molecule has 2 aromatic rings. The van der Waals surface area contributed by atoms with Gasteiger partial charge in [0.05, 0.1) is 12.7 Å². The van der Waals surface area contributed by atoms with E-state index in [2.05, 4.69) is 15.4 Å². The lowest BCUT2D eigenvalue weighted by molar-refractivity contribution is 0.0517. The maximum atomic E-state index is 12.0. The summed E-state index contributed by atoms with van der Waals surface area (Å²) in [5, 5.41) is 9.81. The van der Waals surface area contributed by atoms with Crippen LogP contribution >= 0.6 is 0 Å². The number of carbonyl (C=O) groups excluding carboxylic acids is 1. The van der Waals surface area contributed by atoms with Crippen molar-refractivity contribution in [3.63, 3.8) is 0 Å². The summed E-state index contributed by atoms with van der Waals surface area (Å²) in [7, 11) is 1.70. The first-order chi connectivity index (χ1) is 9.74. The van der Waals surface area contributed by atoms with Crippen molar-refractivity contribution in [3.8, 4) is 11.5 Å². The Kier molecular flexibility index (Phi) is 3.24. The van der Waals surface area contributed by atoms with Crippen LogP contribution in [-0.4, -0.2) is 52.5 Å². The summed E-state index contributed by atoms with van der Waals surface area (Å²) in [6.45, 7) is 0.827. The summed E-state index contributed by atoms with van der Waals surface area (Å²) in [5.41, 5.74) is 0.282. The van der Waals surface area contributed by atoms with Crippen LogP contribution in [0.15, 0.2) is 30.5 Å². The van der Waals surface area contributed by atoms with Gasteiger partial charge in [0.15, 0.2) is 23.3 Å². The highest BCUT2D eigenvalue weighted by molar-refractivity contribution is 5.91. The number of amides is 1. The molecule has 1 N–H and O–H groups in total. The molecular formula is C13H14N4O3. The molecule has 1 aromatic heterocycles. The minimum absolute atomic E-state index is 0.203. The Morgan fingerprint density at radius 2 is 2.25 bits per heavy atom. The molecule has 7 nitrogen and oxygen atoms in total. The number of benzene rings is 1. The minimum Gasteiger partial charge on any atom is -0.486 e. The van der Waals surface area contributed by atoms with Crippen molar-refractivity contribution < 1.29 is 14.3 Å². The van der Waals surface area contributed by atoms with E-state index in [0.717, 1.165) is 5.75 Å². The van der Waals surface area contributed by atoms with Crippen LogP contribution < -0.4 is 9.47 Å². The van der Waals surface area contributed by atoms with Gasteiger partial charge in [0.25, 0.3) is 5.91 Å². The number of nitrogens with zero attached hydrogens (tertiary/aromatic N) is 3. The predicted molar refractivity (Wildman–Crippen MR) is 69.7 cm³/mol. The summed E-state index contributed by atoms with van der Waals surface area (Å²) in [4.78, 5) is 13.6. The summed E-state index contributed by atoms with van der Waals surface area (Å²) in [5.74, 6) is 1.22. The number of ether oxygens (including phenoxy) is 2. The molecular weight excluding hydrogens is 260 g/mol. The number of para-hydroxylation sites is 2. The molecule has 104 valence electrons. The molecule has 0 saturated carbocycles. The predicted octanol–water partition coefficient (Wildman–Crippen LogP) is 0.717. The summed E-state index contributed by atoms with van der Waals surface area (Å²) in [6.07, 6.45) is 1.19.